The van der Waals surface area contributed by atoms with Crippen LogP contribution in [0.1, 0.15) is 0 Å². The van der Waals surface area contributed by atoms with Crippen LogP contribution in [-0.2, 0) is 56.2 Å². The largest absolute Gasteiger partial charge is 0 e. The minimum absolute atomic E-state index is 0. The molecule has 3 heterocycles. The number of nitrogens with zero attached hydrogens (tertiary/aromatic N) is 6. The maximum absolute atomic E-state index is 7.50. The Hall–Kier alpha value is -2.46. The van der Waals surface area contributed by atoms with Gasteiger partial charge in [0.25, 0.3) is 0 Å². The third-order valence-corrected chi connectivity index (χ3v) is 1.91. The first kappa shape index (κ1) is 30.4. The normalized spacial score (nSPS) is 6.60. The second-order valence-electron chi connectivity index (χ2n) is 3.68. The summed E-state index contributed by atoms with van der Waals surface area (Å²) in [5.74, 6) is 0. The van der Waals surface area contributed by atoms with Crippen LogP contribution >= 0.6 is 0 Å². The molecule has 0 aliphatic heterocycles. The van der Waals surface area contributed by atoms with Crippen molar-refractivity contribution >= 4 is 0 Å². The third-order valence-electron chi connectivity index (χ3n) is 1.91. The van der Waals surface area contributed by atoms with Crippen LogP contribution in [-0.4, -0.2) is 28.7 Å². The third kappa shape index (κ3) is 23.9. The van der Waals surface area contributed by atoms with Crippen LogP contribution in [0, 0.1) is 20.0 Å². The van der Waals surface area contributed by atoms with Crippen LogP contribution in [0.5, 0.6) is 0 Å². The van der Waals surface area contributed by atoms with Crippen molar-refractivity contribution in [1.82, 2.24) is 28.7 Å². The summed E-state index contributed by atoms with van der Waals surface area (Å²) in [7, 11) is 5.81. The first-order chi connectivity index (χ1) is 11.7. The Morgan fingerprint density at radius 2 is 0.760 bits per heavy atom. The van der Waals surface area contributed by atoms with Crippen molar-refractivity contribution < 1.29 is 35.0 Å². The number of imidazole rings is 3. The van der Waals surface area contributed by atoms with Crippen molar-refractivity contribution in [3.8, 4) is 0 Å². The van der Waals surface area contributed by atoms with E-state index in [1.165, 1.54) is 0 Å². The number of aromatic nitrogens is 6. The van der Waals surface area contributed by atoms with Gasteiger partial charge in [-0.25, -0.2) is 15.0 Å². The fraction of sp³-hybridized carbons (Fsp3) is 0.200. The number of aryl methyl sites for hydroxylation is 3. The molecule has 25 heavy (non-hydrogen) atoms. The van der Waals surface area contributed by atoms with E-state index >= 15 is 0 Å². The molecule has 0 N–H and O–H groups in total. The zero-order valence-electron chi connectivity index (χ0n) is 14.0. The molecule has 0 bridgehead atoms. The minimum Gasteiger partial charge on any atom is 0 e. The quantitative estimate of drug-likeness (QED) is 0.305. The molecule has 0 aliphatic carbocycles. The summed E-state index contributed by atoms with van der Waals surface area (Å²) >= 11 is 0. The first-order valence-electron chi connectivity index (χ1n) is 6.05. The van der Waals surface area contributed by atoms with Gasteiger partial charge in [-0.15, -0.1) is 0 Å². The Bertz CT molecular complexity index is 525. The van der Waals surface area contributed by atoms with Crippen LogP contribution in [0.15, 0.2) is 56.2 Å². The summed E-state index contributed by atoms with van der Waals surface area (Å²) in [6, 6.07) is 0. The molecule has 132 valence electrons. The molecule has 0 atom stereocenters. The van der Waals surface area contributed by atoms with E-state index in [2.05, 4.69) is 34.9 Å². The number of hydrogen-bond donors (Lipinski definition) is 0. The van der Waals surface area contributed by atoms with E-state index in [-0.39, 0.29) is 21.1 Å². The van der Waals surface area contributed by atoms with Crippen LogP contribution in [0.25, 0.3) is 0 Å². The van der Waals surface area contributed by atoms with Gasteiger partial charge in [0.15, 0.2) is 0 Å². The van der Waals surface area contributed by atoms with Gasteiger partial charge in [0, 0.05) is 79.4 Å². The van der Waals surface area contributed by atoms with Crippen molar-refractivity contribution in [2.24, 2.45) is 21.1 Å². The van der Waals surface area contributed by atoms with Crippen LogP contribution in [0.2, 0.25) is 0 Å². The molecule has 0 radical (unpaired) electrons. The SMILES string of the molecule is Cn1ccnc1.Cn1ccnc1.Cn1ccnc1.[C-]#[O+].[C-]#[O+].[C-]#[O+].[Mo]. The summed E-state index contributed by atoms with van der Waals surface area (Å²) < 4.78 is 28.2. The molecule has 9 nitrogen and oxygen atoms in total. The zero-order valence-corrected chi connectivity index (χ0v) is 16.0. The molecule has 3 aromatic heterocycles. The van der Waals surface area contributed by atoms with Crippen molar-refractivity contribution in [2.75, 3.05) is 0 Å². The minimum atomic E-state index is 0. The van der Waals surface area contributed by atoms with Gasteiger partial charge < -0.3 is 13.7 Å². The van der Waals surface area contributed by atoms with Crippen molar-refractivity contribution in [3.05, 3.63) is 76.1 Å². The maximum atomic E-state index is 7.50. The molecule has 10 heteroatoms. The molecule has 0 aromatic carbocycles. The van der Waals surface area contributed by atoms with E-state index in [1.807, 2.05) is 53.4 Å². The average molecular weight is 426 g/mol. The maximum Gasteiger partial charge on any atom is 0 e. The zero-order chi connectivity index (χ0) is 19.2. The van der Waals surface area contributed by atoms with Crippen molar-refractivity contribution in [1.29, 1.82) is 0 Å². The van der Waals surface area contributed by atoms with E-state index in [9.17, 15) is 0 Å². The second-order valence-corrected chi connectivity index (χ2v) is 3.68. The predicted octanol–water partition coefficient (Wildman–Crippen LogP) is 1.15. The van der Waals surface area contributed by atoms with Crippen molar-refractivity contribution in [3.63, 3.8) is 0 Å². The number of hydrogen-bond acceptors (Lipinski definition) is 3. The summed E-state index contributed by atoms with van der Waals surface area (Å²) in [6.07, 6.45) is 16.2. The van der Waals surface area contributed by atoms with Crippen molar-refractivity contribution in [2.45, 2.75) is 0 Å². The Balaban J connectivity index is -0.000000113. The standard InChI is InChI=1S/3C4H6N2.3CO.Mo/c3*1-6-3-2-5-4-6;3*1-2;/h3*2-4H,1H3;;;;. The topological polar surface area (TPSA) is 113 Å². The van der Waals surface area contributed by atoms with Gasteiger partial charge >= 0.3 is 33.9 Å². The molecule has 3 aromatic rings. The summed E-state index contributed by atoms with van der Waals surface area (Å²) in [4.78, 5) is 11.4. The van der Waals surface area contributed by atoms with Gasteiger partial charge in [0.1, 0.15) is 0 Å². The summed E-state index contributed by atoms with van der Waals surface area (Å²) in [5, 5.41) is 0. The average Bonchev–Trinajstić information content (AvgIpc) is 3.40. The molecule has 0 saturated carbocycles. The van der Waals surface area contributed by atoms with E-state index in [4.69, 9.17) is 14.0 Å². The molecule has 0 amide bonds. The molecule has 0 spiro atoms. The predicted molar refractivity (Wildman–Crippen MR) is 81.4 cm³/mol. The molecule has 0 aliphatic rings. The summed E-state index contributed by atoms with van der Waals surface area (Å²) in [5.41, 5.74) is 0. The molecular formula is C15H18MoN6O3. The van der Waals surface area contributed by atoms with Crippen LogP contribution < -0.4 is 0 Å². The van der Waals surface area contributed by atoms with Gasteiger partial charge in [0.2, 0.25) is 0 Å². The van der Waals surface area contributed by atoms with Gasteiger partial charge in [-0.05, 0) is 0 Å². The van der Waals surface area contributed by atoms with E-state index in [1.54, 1.807) is 37.6 Å². The Labute approximate surface area is 161 Å². The second kappa shape index (κ2) is 26.4. The van der Waals surface area contributed by atoms with E-state index in [0.29, 0.717) is 0 Å². The molecule has 0 fully saturated rings. The fourth-order valence-electron chi connectivity index (χ4n) is 0.977. The molecule has 0 saturated heterocycles. The Kier molecular flexibility index (Phi) is 32.2. The van der Waals surface area contributed by atoms with E-state index < -0.39 is 0 Å². The van der Waals surface area contributed by atoms with Gasteiger partial charge in [-0.3, -0.25) is 0 Å². The Morgan fingerprint density at radius 1 is 0.560 bits per heavy atom. The fourth-order valence-corrected chi connectivity index (χ4v) is 0.977. The Morgan fingerprint density at radius 3 is 0.800 bits per heavy atom. The monoisotopic (exact) mass is 428 g/mol. The van der Waals surface area contributed by atoms with E-state index in [0.717, 1.165) is 0 Å². The van der Waals surface area contributed by atoms with Gasteiger partial charge in [-0.1, -0.05) is 0 Å². The smallest absolute Gasteiger partial charge is 0 e. The van der Waals surface area contributed by atoms with Crippen LogP contribution in [0.4, 0.5) is 0 Å². The molecular weight excluding hydrogens is 408 g/mol. The summed E-state index contributed by atoms with van der Waals surface area (Å²) in [6.45, 7) is 13.5. The number of rotatable bonds is 0. The van der Waals surface area contributed by atoms with Gasteiger partial charge in [-0.2, -0.15) is 0 Å². The van der Waals surface area contributed by atoms with Gasteiger partial charge in [0.05, 0.1) is 19.0 Å². The molecule has 3 rings (SSSR count). The molecule has 0 unspecified atom stereocenters. The first-order valence-corrected chi connectivity index (χ1v) is 6.05. The van der Waals surface area contributed by atoms with Crippen LogP contribution in [0.3, 0.4) is 0 Å².